The van der Waals surface area contributed by atoms with Gasteiger partial charge in [0.25, 0.3) is 0 Å². The molecule has 0 atom stereocenters. The Morgan fingerprint density at radius 2 is 1.19 bits per heavy atom. The van der Waals surface area contributed by atoms with Crippen LogP contribution in [0.1, 0.15) is 0 Å². The maximum atomic E-state index is 6.21. The second-order valence-corrected chi connectivity index (χ2v) is 9.53. The van der Waals surface area contributed by atoms with Crippen LogP contribution in [-0.4, -0.2) is 23.2 Å². The molecule has 0 fully saturated rings. The van der Waals surface area contributed by atoms with E-state index in [-0.39, 0.29) is 0 Å². The number of rotatable bonds is 0. The van der Waals surface area contributed by atoms with E-state index in [1.165, 1.54) is 10.8 Å². The van der Waals surface area contributed by atoms with Crippen LogP contribution < -0.4 is 0 Å². The van der Waals surface area contributed by atoms with Crippen LogP contribution in [0.3, 0.4) is 0 Å². The lowest BCUT2D eigenvalue weighted by molar-refractivity contribution is 0.669. The highest BCUT2D eigenvalue weighted by Crippen LogP contribution is 2.39. The van der Waals surface area contributed by atoms with Gasteiger partial charge in [-0.05, 0) is 41.8 Å². The Labute approximate surface area is 201 Å². The van der Waals surface area contributed by atoms with E-state index in [9.17, 15) is 0 Å². The van der Waals surface area contributed by atoms with Gasteiger partial charge in [0.2, 0.25) is 11.6 Å². The highest BCUT2D eigenvalue weighted by atomic mass is 16.3. The van der Waals surface area contributed by atoms with Crippen LogP contribution in [0, 0.1) is 0 Å². The molecule has 0 amide bonds. The van der Waals surface area contributed by atoms with E-state index >= 15 is 0 Å². The summed E-state index contributed by atoms with van der Waals surface area (Å²) in [7, 11) is 0. The van der Waals surface area contributed by atoms with Crippen molar-refractivity contribution in [2.75, 3.05) is 0 Å². The van der Waals surface area contributed by atoms with Crippen molar-refractivity contribution in [2.24, 2.45) is 0 Å². The summed E-state index contributed by atoms with van der Waals surface area (Å²) in [5, 5.41) is 4.61. The fourth-order valence-corrected chi connectivity index (χ4v) is 6.34. The number of hydrogen-bond donors (Lipinski definition) is 0. The molecule has 6 nitrogen and oxygen atoms in total. The van der Waals surface area contributed by atoms with Gasteiger partial charge in [0.05, 0.1) is 38.5 Å². The van der Waals surface area contributed by atoms with Gasteiger partial charge in [0, 0.05) is 10.8 Å². The molecule has 0 aliphatic carbocycles. The third kappa shape index (κ3) is 1.76. The summed E-state index contributed by atoms with van der Waals surface area (Å²) in [4.78, 5) is 10.3. The first-order chi connectivity index (χ1) is 17.9. The Morgan fingerprint density at radius 1 is 0.500 bits per heavy atom. The molecule has 36 heavy (non-hydrogen) atoms. The number of fused-ring (bicyclic) bond motifs is 16. The lowest BCUT2D eigenvalue weighted by Gasteiger charge is -2.01. The molecular formula is C30H15N5O. The fraction of sp³-hybridized carbons (Fsp3) is 0. The molecule has 10 rings (SSSR count). The average Bonchev–Trinajstić information content (AvgIpc) is 3.69. The molecule has 5 aromatic carbocycles. The van der Waals surface area contributed by atoms with Gasteiger partial charge in [-0.3, -0.25) is 8.80 Å². The number of aromatic nitrogens is 5. The van der Waals surface area contributed by atoms with Gasteiger partial charge >= 0.3 is 0 Å². The molecule has 0 saturated carbocycles. The zero-order valence-corrected chi connectivity index (χ0v) is 18.8. The third-order valence-electron chi connectivity index (χ3n) is 7.76. The zero-order chi connectivity index (χ0) is 23.1. The van der Waals surface area contributed by atoms with Crippen LogP contribution in [0.25, 0.3) is 82.9 Å². The van der Waals surface area contributed by atoms with Gasteiger partial charge < -0.3 is 4.42 Å². The number of furan rings is 1. The third-order valence-corrected chi connectivity index (χ3v) is 7.76. The molecule has 6 heteroatoms. The van der Waals surface area contributed by atoms with Crippen molar-refractivity contribution in [2.45, 2.75) is 0 Å². The molecule has 10 aromatic rings. The van der Waals surface area contributed by atoms with E-state index in [4.69, 9.17) is 14.4 Å². The molecule has 5 aromatic heterocycles. The van der Waals surface area contributed by atoms with Crippen molar-refractivity contribution in [1.82, 2.24) is 23.2 Å². The minimum Gasteiger partial charge on any atom is -0.456 e. The molecule has 0 saturated heterocycles. The quantitative estimate of drug-likeness (QED) is 0.240. The molecule has 0 spiro atoms. The first kappa shape index (κ1) is 17.4. The van der Waals surface area contributed by atoms with Gasteiger partial charge in [0.15, 0.2) is 0 Å². The molecule has 0 aliphatic rings. The summed E-state index contributed by atoms with van der Waals surface area (Å²) in [6.07, 6.45) is 0. The average molecular weight is 461 g/mol. The topological polar surface area (TPSA) is 52.2 Å². The molecular weight excluding hydrogens is 446 g/mol. The van der Waals surface area contributed by atoms with Gasteiger partial charge in [0.1, 0.15) is 16.7 Å². The van der Waals surface area contributed by atoms with Crippen LogP contribution in [0.5, 0.6) is 0 Å². The number of imidazole rings is 4. The number of para-hydroxylation sites is 2. The van der Waals surface area contributed by atoms with Crippen molar-refractivity contribution in [1.29, 1.82) is 0 Å². The maximum absolute atomic E-state index is 6.21. The van der Waals surface area contributed by atoms with E-state index in [0.29, 0.717) is 0 Å². The molecule has 0 unspecified atom stereocenters. The van der Waals surface area contributed by atoms with Crippen LogP contribution >= 0.6 is 0 Å². The van der Waals surface area contributed by atoms with Gasteiger partial charge in [-0.25, -0.2) is 14.4 Å². The smallest absolute Gasteiger partial charge is 0.223 e. The Morgan fingerprint density at radius 3 is 2.06 bits per heavy atom. The summed E-state index contributed by atoms with van der Waals surface area (Å²) in [5.41, 5.74) is 9.27. The van der Waals surface area contributed by atoms with Gasteiger partial charge in [-0.1, -0.05) is 54.6 Å². The van der Waals surface area contributed by atoms with Crippen LogP contribution in [0.4, 0.5) is 0 Å². The van der Waals surface area contributed by atoms with Crippen molar-refractivity contribution in [3.8, 4) is 0 Å². The number of benzene rings is 5. The van der Waals surface area contributed by atoms with E-state index < -0.39 is 0 Å². The first-order valence-corrected chi connectivity index (χ1v) is 12.0. The largest absolute Gasteiger partial charge is 0.456 e. The van der Waals surface area contributed by atoms with Crippen LogP contribution in [0.15, 0.2) is 95.4 Å². The summed E-state index contributed by atoms with van der Waals surface area (Å²) < 4.78 is 13.0. The van der Waals surface area contributed by atoms with E-state index in [1.54, 1.807) is 0 Å². The highest BCUT2D eigenvalue weighted by Gasteiger charge is 2.25. The summed E-state index contributed by atoms with van der Waals surface area (Å²) in [6, 6.07) is 31.6. The van der Waals surface area contributed by atoms with Crippen LogP contribution in [0.2, 0.25) is 0 Å². The number of nitrogens with zero attached hydrogens (tertiary/aromatic N) is 5. The molecule has 0 radical (unpaired) electrons. The zero-order valence-electron chi connectivity index (χ0n) is 18.8. The minimum atomic E-state index is 0.864. The predicted octanol–water partition coefficient (Wildman–Crippen LogP) is 7.18. The van der Waals surface area contributed by atoms with Crippen LogP contribution in [-0.2, 0) is 0 Å². The second-order valence-electron chi connectivity index (χ2n) is 9.53. The van der Waals surface area contributed by atoms with E-state index in [2.05, 4.69) is 86.0 Å². The molecule has 5 heterocycles. The number of hydrogen-bond acceptors (Lipinski definition) is 3. The van der Waals surface area contributed by atoms with Gasteiger partial charge in [-0.2, -0.15) is 0 Å². The van der Waals surface area contributed by atoms with Crippen molar-refractivity contribution in [3.63, 3.8) is 0 Å². The Balaban J connectivity index is 1.51. The molecule has 0 aliphatic heterocycles. The van der Waals surface area contributed by atoms with Crippen molar-refractivity contribution < 1.29 is 4.42 Å². The van der Waals surface area contributed by atoms with E-state index in [0.717, 1.165) is 72.1 Å². The Kier molecular flexibility index (Phi) is 2.69. The minimum absolute atomic E-state index is 0.864. The second kappa shape index (κ2) is 5.58. The molecule has 166 valence electrons. The van der Waals surface area contributed by atoms with Gasteiger partial charge in [-0.15, -0.1) is 0 Å². The maximum Gasteiger partial charge on any atom is 0.223 e. The fourth-order valence-electron chi connectivity index (χ4n) is 6.34. The standard InChI is InChI=1S/C30H15N5O/c1-2-7-17-16(6-1)12-13-19-26(17)33-21-9-5-10-22-28(21)35(29(33)31-19)30-32-20-14-15-24-25(27(20)34(22)30)18-8-3-4-11-23(18)36-24/h1-15H. The summed E-state index contributed by atoms with van der Waals surface area (Å²) in [6.45, 7) is 0. The molecule has 0 bridgehead atoms. The summed E-state index contributed by atoms with van der Waals surface area (Å²) >= 11 is 0. The molecule has 0 N–H and O–H groups in total. The Bertz CT molecular complexity index is 2540. The monoisotopic (exact) mass is 461 g/mol. The highest BCUT2D eigenvalue weighted by molar-refractivity contribution is 6.19. The van der Waals surface area contributed by atoms with Crippen molar-refractivity contribution in [3.05, 3.63) is 91.0 Å². The normalized spacial score (nSPS) is 13.0. The van der Waals surface area contributed by atoms with Crippen molar-refractivity contribution >= 4 is 82.9 Å². The summed E-state index contributed by atoms with van der Waals surface area (Å²) in [5.74, 6) is 1.75. The SMILES string of the molecule is c1ccc2c(c1)ccc1nc3n(c4cccc5c4n3c3nc4ccc6oc7ccccc7c6c4n53)c12. The first-order valence-electron chi connectivity index (χ1n) is 12.0. The Hall–Kier alpha value is -5.10. The lowest BCUT2D eigenvalue weighted by Crippen LogP contribution is -1.88. The lowest BCUT2D eigenvalue weighted by atomic mass is 10.1. The van der Waals surface area contributed by atoms with E-state index in [1.807, 2.05) is 18.2 Å². The predicted molar refractivity (Wildman–Crippen MR) is 143 cm³/mol.